The first kappa shape index (κ1) is 22.2. The van der Waals surface area contributed by atoms with Gasteiger partial charge in [0.25, 0.3) is 18.4 Å². The number of ether oxygens (including phenoxy) is 1. The zero-order valence-electron chi connectivity index (χ0n) is 15.6. The minimum atomic E-state index is -4.70. The summed E-state index contributed by atoms with van der Waals surface area (Å²) in [5, 5.41) is 2.07. The number of rotatable bonds is 4. The lowest BCUT2D eigenvalue weighted by molar-refractivity contribution is -0.164. The molecule has 1 aliphatic heterocycles. The average molecular weight is 448 g/mol. The molecule has 0 fully saturated rings. The highest BCUT2D eigenvalue weighted by molar-refractivity contribution is 6.02. The van der Waals surface area contributed by atoms with E-state index in [9.17, 15) is 31.1 Å². The number of nitrogens with zero attached hydrogens (tertiary/aromatic N) is 4. The number of carbonyl (C=O) groups is 1. The topological polar surface area (TPSA) is 115 Å². The van der Waals surface area contributed by atoms with Gasteiger partial charge in [0.2, 0.25) is 0 Å². The van der Waals surface area contributed by atoms with E-state index in [0.29, 0.717) is 6.20 Å². The number of nitrogens with one attached hydrogen (secondary N) is 1. The maximum Gasteiger partial charge on any atom is 0.411 e. The molecule has 31 heavy (non-hydrogen) atoms. The average Bonchev–Trinajstić information content (AvgIpc) is 2.68. The molecule has 2 atom stereocenters. The summed E-state index contributed by atoms with van der Waals surface area (Å²) in [4.78, 5) is 26.2. The van der Waals surface area contributed by atoms with Crippen LogP contribution in [0.3, 0.4) is 0 Å². The van der Waals surface area contributed by atoms with Crippen LogP contribution in [0.25, 0.3) is 0 Å². The second kappa shape index (κ2) is 8.00. The van der Waals surface area contributed by atoms with Crippen LogP contribution in [0.1, 0.15) is 41.6 Å². The Kier molecular flexibility index (Phi) is 5.74. The second-order valence-electron chi connectivity index (χ2n) is 6.67. The number of pyridine rings is 1. The van der Waals surface area contributed by atoms with Crippen molar-refractivity contribution >= 4 is 17.7 Å². The van der Waals surface area contributed by atoms with Gasteiger partial charge in [0.1, 0.15) is 11.4 Å². The van der Waals surface area contributed by atoms with E-state index >= 15 is 0 Å². The van der Waals surface area contributed by atoms with Crippen molar-refractivity contribution in [1.29, 1.82) is 0 Å². The Labute approximate surface area is 170 Å². The highest BCUT2D eigenvalue weighted by Crippen LogP contribution is 2.39. The lowest BCUT2D eigenvalue weighted by Crippen LogP contribution is -2.46. The molecule has 3 N–H and O–H groups in total. The summed E-state index contributed by atoms with van der Waals surface area (Å²) < 4.78 is 83.9. The molecule has 1 aliphatic rings. The molecule has 166 valence electrons. The van der Waals surface area contributed by atoms with E-state index in [-0.39, 0.29) is 5.69 Å². The van der Waals surface area contributed by atoms with Gasteiger partial charge in [0, 0.05) is 6.42 Å². The number of nitrogens with two attached hydrogens (primary N) is 1. The van der Waals surface area contributed by atoms with Gasteiger partial charge in [0.05, 0.1) is 18.1 Å². The predicted molar refractivity (Wildman–Crippen MR) is 93.7 cm³/mol. The number of hydrogen-bond acceptors (Lipinski definition) is 7. The molecule has 0 spiro atoms. The molecule has 0 aromatic carbocycles. The summed E-state index contributed by atoms with van der Waals surface area (Å²) in [6.07, 6.45) is -6.85. The maximum atomic E-state index is 14.2. The summed E-state index contributed by atoms with van der Waals surface area (Å²) in [6.45, 7) is 1.26. The lowest BCUT2D eigenvalue weighted by atomic mass is 9.91. The summed E-state index contributed by atoms with van der Waals surface area (Å²) in [5.74, 6) is -2.68. The van der Waals surface area contributed by atoms with Crippen LogP contribution >= 0.6 is 0 Å². The van der Waals surface area contributed by atoms with Gasteiger partial charge in [-0.1, -0.05) is 0 Å². The van der Waals surface area contributed by atoms with E-state index in [1.54, 1.807) is 0 Å². The van der Waals surface area contributed by atoms with Gasteiger partial charge in [-0.3, -0.25) is 9.78 Å². The molecule has 0 radical (unpaired) electrons. The third-order valence-electron chi connectivity index (χ3n) is 4.32. The monoisotopic (exact) mass is 448 g/mol. The van der Waals surface area contributed by atoms with Crippen molar-refractivity contribution in [1.82, 2.24) is 15.0 Å². The van der Waals surface area contributed by atoms with Gasteiger partial charge in [-0.15, -0.1) is 0 Å². The Balaban J connectivity index is 1.86. The van der Waals surface area contributed by atoms with Crippen LogP contribution in [-0.2, 0) is 10.3 Å². The Morgan fingerprint density at radius 2 is 2.00 bits per heavy atom. The normalized spacial score (nSPS) is 21.4. The Hall–Kier alpha value is -3.45. The number of aromatic nitrogens is 3. The Bertz CT molecular complexity index is 1010. The molecule has 14 heteroatoms. The zero-order chi connectivity index (χ0) is 23.0. The van der Waals surface area contributed by atoms with Crippen LogP contribution in [-0.4, -0.2) is 39.1 Å². The SMILES string of the molecule is C[C@@]1(c2ccc(F)c(NC(=O)c3cnc(C(F)F)cn3)n2)C[C@@H](C(F)(F)F)N=C(N)O1. The van der Waals surface area contributed by atoms with E-state index < -0.39 is 65.6 Å². The van der Waals surface area contributed by atoms with Crippen LogP contribution in [0.4, 0.5) is 32.2 Å². The number of carbonyl (C=O) groups excluding carboxylic acids is 1. The second-order valence-corrected chi connectivity index (χ2v) is 6.67. The van der Waals surface area contributed by atoms with Crippen LogP contribution in [0, 0.1) is 5.82 Å². The molecule has 0 saturated heterocycles. The predicted octanol–water partition coefficient (Wildman–Crippen LogP) is 3.08. The number of anilines is 1. The van der Waals surface area contributed by atoms with E-state index in [0.717, 1.165) is 18.3 Å². The van der Waals surface area contributed by atoms with Crippen molar-refractivity contribution in [2.75, 3.05) is 5.32 Å². The molecule has 3 heterocycles. The fraction of sp³-hybridized carbons (Fsp3) is 0.353. The number of hydrogen-bond donors (Lipinski definition) is 2. The molecule has 2 aromatic rings. The third kappa shape index (κ3) is 4.83. The third-order valence-corrected chi connectivity index (χ3v) is 4.32. The van der Waals surface area contributed by atoms with Crippen molar-refractivity contribution in [3.63, 3.8) is 0 Å². The molecule has 2 aromatic heterocycles. The quantitative estimate of drug-likeness (QED) is 0.695. The van der Waals surface area contributed by atoms with Crippen LogP contribution in [0.5, 0.6) is 0 Å². The molecular formula is C17H14F6N6O2. The van der Waals surface area contributed by atoms with E-state index in [2.05, 4.69) is 25.3 Å². The summed E-state index contributed by atoms with van der Waals surface area (Å²) in [5.41, 5.74) is 2.42. The minimum Gasteiger partial charge on any atom is -0.452 e. The van der Waals surface area contributed by atoms with Gasteiger partial charge in [-0.25, -0.2) is 28.1 Å². The van der Waals surface area contributed by atoms with Crippen molar-refractivity contribution in [2.24, 2.45) is 10.7 Å². The van der Waals surface area contributed by atoms with Crippen LogP contribution in [0.2, 0.25) is 0 Å². The number of halogens is 6. The fourth-order valence-electron chi connectivity index (χ4n) is 2.78. The largest absolute Gasteiger partial charge is 0.452 e. The van der Waals surface area contributed by atoms with Crippen LogP contribution < -0.4 is 11.1 Å². The lowest BCUT2D eigenvalue weighted by Gasteiger charge is -2.36. The van der Waals surface area contributed by atoms with Crippen LogP contribution in [0.15, 0.2) is 29.5 Å². The van der Waals surface area contributed by atoms with Gasteiger partial charge in [0.15, 0.2) is 23.3 Å². The molecule has 8 nitrogen and oxygen atoms in total. The number of amidine groups is 1. The Morgan fingerprint density at radius 3 is 2.58 bits per heavy atom. The molecule has 1 amide bonds. The molecular weight excluding hydrogens is 434 g/mol. The van der Waals surface area contributed by atoms with Crippen molar-refractivity contribution in [2.45, 2.75) is 37.6 Å². The van der Waals surface area contributed by atoms with Crippen molar-refractivity contribution in [3.8, 4) is 0 Å². The first-order valence-corrected chi connectivity index (χ1v) is 8.56. The highest BCUT2D eigenvalue weighted by Gasteiger charge is 2.49. The van der Waals surface area contributed by atoms with Gasteiger partial charge >= 0.3 is 6.18 Å². The molecule has 0 bridgehead atoms. The number of aliphatic imine (C=N–C) groups is 1. The smallest absolute Gasteiger partial charge is 0.411 e. The van der Waals surface area contributed by atoms with Gasteiger partial charge in [-0.2, -0.15) is 13.2 Å². The number of alkyl halides is 5. The first-order valence-electron chi connectivity index (χ1n) is 8.56. The first-order chi connectivity index (χ1) is 14.4. The number of amides is 1. The standard InChI is InChI=1S/C17H14F6N6O2/c1-16(4-11(17(21,22)23)28-15(24)31-16)10-3-2-7(18)13(27-10)29-14(30)9-6-25-8(5-26-9)12(19)20/h2-3,5-6,11-12H,4H2,1H3,(H2,24,28)(H,27,29,30)/t11-,16-/m0/s1. The molecule has 0 unspecified atom stereocenters. The molecule has 0 saturated carbocycles. The van der Waals surface area contributed by atoms with Crippen molar-refractivity contribution in [3.05, 3.63) is 47.4 Å². The highest BCUT2D eigenvalue weighted by atomic mass is 19.4. The maximum absolute atomic E-state index is 14.2. The van der Waals surface area contributed by atoms with Gasteiger partial charge in [-0.05, 0) is 19.1 Å². The summed E-state index contributed by atoms with van der Waals surface area (Å²) in [7, 11) is 0. The fourth-order valence-corrected chi connectivity index (χ4v) is 2.78. The zero-order valence-corrected chi connectivity index (χ0v) is 15.6. The van der Waals surface area contributed by atoms with E-state index in [4.69, 9.17) is 10.5 Å². The molecule has 3 rings (SSSR count). The summed E-state index contributed by atoms with van der Waals surface area (Å²) in [6, 6.07) is -0.946. The molecule has 0 aliphatic carbocycles. The Morgan fingerprint density at radius 1 is 1.29 bits per heavy atom. The van der Waals surface area contributed by atoms with E-state index in [1.807, 2.05) is 0 Å². The van der Waals surface area contributed by atoms with Crippen molar-refractivity contribution < 1.29 is 35.9 Å². The van der Waals surface area contributed by atoms with Gasteiger partial charge < -0.3 is 15.8 Å². The minimum absolute atomic E-state index is 0.157. The van der Waals surface area contributed by atoms with E-state index in [1.165, 1.54) is 6.92 Å². The summed E-state index contributed by atoms with van der Waals surface area (Å²) >= 11 is 0.